The van der Waals surface area contributed by atoms with Crippen LogP contribution in [0.25, 0.3) is 54.6 Å². The van der Waals surface area contributed by atoms with Crippen LogP contribution < -0.4 is 0 Å². The standard InChI is InChI=1S/C37H26S/c1-25-11-3-2-4-12-26-13-10-20-30(37(26)38-25)29-15-9-14-27(23-29)28-21-22-35-33-18-6-5-16-31(33)32-17-7-8-19-34(32)36(35)24-28/h2-11,13-24H,1,12H2/b4-2-,11-3-. The van der Waals surface area contributed by atoms with Gasteiger partial charge in [0.25, 0.3) is 0 Å². The molecule has 0 radical (unpaired) electrons. The minimum atomic E-state index is 0.916. The number of benzene rings is 6. The second kappa shape index (κ2) is 9.52. The van der Waals surface area contributed by atoms with Gasteiger partial charge in [-0.3, -0.25) is 0 Å². The zero-order valence-electron chi connectivity index (χ0n) is 21.0. The van der Waals surface area contributed by atoms with E-state index in [0.717, 1.165) is 11.3 Å². The highest BCUT2D eigenvalue weighted by molar-refractivity contribution is 8.03. The van der Waals surface area contributed by atoms with Crippen LogP contribution in [-0.2, 0) is 6.42 Å². The SMILES string of the molecule is C=C1/C=C\C=C/Cc2cccc(-c3cccc(-c4ccc5c6ccccc6c6ccccc6c5c4)c3)c2S1. The van der Waals surface area contributed by atoms with E-state index in [1.807, 2.05) is 0 Å². The summed E-state index contributed by atoms with van der Waals surface area (Å²) >= 11 is 1.77. The number of rotatable bonds is 2. The fourth-order valence-electron chi connectivity index (χ4n) is 5.65. The molecule has 0 bridgehead atoms. The van der Waals surface area contributed by atoms with Crippen molar-refractivity contribution >= 4 is 44.1 Å². The lowest BCUT2D eigenvalue weighted by Crippen LogP contribution is -1.91. The van der Waals surface area contributed by atoms with E-state index in [-0.39, 0.29) is 0 Å². The first-order chi connectivity index (χ1) is 18.8. The summed E-state index contributed by atoms with van der Waals surface area (Å²) in [5.41, 5.74) is 6.29. The van der Waals surface area contributed by atoms with E-state index in [1.165, 1.54) is 65.0 Å². The largest absolute Gasteiger partial charge is 0.0898 e. The molecule has 1 heteroatoms. The minimum absolute atomic E-state index is 0.916. The maximum atomic E-state index is 4.27. The molecule has 1 aliphatic rings. The van der Waals surface area contributed by atoms with Crippen molar-refractivity contribution in [1.29, 1.82) is 0 Å². The predicted octanol–water partition coefficient (Wildman–Crippen LogP) is 10.8. The molecule has 0 unspecified atom stereocenters. The van der Waals surface area contributed by atoms with Crippen LogP contribution in [0.15, 0.2) is 150 Å². The van der Waals surface area contributed by atoms with Crippen LogP contribution in [0, 0.1) is 0 Å². The normalized spacial score (nSPS) is 15.1. The topological polar surface area (TPSA) is 0 Å². The molecule has 0 amide bonds. The second-order valence-corrected chi connectivity index (χ2v) is 10.9. The maximum absolute atomic E-state index is 4.27. The third kappa shape index (κ3) is 3.97. The Hall–Kier alpha value is -4.33. The van der Waals surface area contributed by atoms with Crippen molar-refractivity contribution < 1.29 is 0 Å². The number of hydrogen-bond donors (Lipinski definition) is 0. The molecule has 180 valence electrons. The zero-order valence-corrected chi connectivity index (χ0v) is 21.8. The van der Waals surface area contributed by atoms with E-state index in [2.05, 4.69) is 140 Å². The summed E-state index contributed by atoms with van der Waals surface area (Å²) in [4.78, 5) is 2.34. The molecule has 0 fully saturated rings. The van der Waals surface area contributed by atoms with Crippen molar-refractivity contribution in [3.8, 4) is 22.3 Å². The summed E-state index contributed by atoms with van der Waals surface area (Å²) in [7, 11) is 0. The zero-order chi connectivity index (χ0) is 25.5. The van der Waals surface area contributed by atoms with Crippen LogP contribution in [0.2, 0.25) is 0 Å². The average molecular weight is 503 g/mol. The molecule has 7 rings (SSSR count). The van der Waals surface area contributed by atoms with Crippen LogP contribution in [-0.4, -0.2) is 0 Å². The molecule has 0 nitrogen and oxygen atoms in total. The maximum Gasteiger partial charge on any atom is 0.0235 e. The van der Waals surface area contributed by atoms with Crippen LogP contribution >= 0.6 is 11.8 Å². The van der Waals surface area contributed by atoms with Gasteiger partial charge >= 0.3 is 0 Å². The van der Waals surface area contributed by atoms with E-state index < -0.39 is 0 Å². The highest BCUT2D eigenvalue weighted by Gasteiger charge is 2.14. The monoisotopic (exact) mass is 502 g/mol. The van der Waals surface area contributed by atoms with Gasteiger partial charge < -0.3 is 0 Å². The summed E-state index contributed by atoms with van der Waals surface area (Å²) in [5, 5.41) is 7.83. The van der Waals surface area contributed by atoms with Gasteiger partial charge in [0.1, 0.15) is 0 Å². The second-order valence-electron chi connectivity index (χ2n) is 9.79. The first-order valence-corrected chi connectivity index (χ1v) is 13.8. The minimum Gasteiger partial charge on any atom is -0.0898 e. The average Bonchev–Trinajstić information content (AvgIpc) is 3.06. The Labute approximate surface area is 227 Å². The van der Waals surface area contributed by atoms with Gasteiger partial charge in [0.2, 0.25) is 0 Å². The Bertz CT molecular complexity index is 1900. The van der Waals surface area contributed by atoms with Crippen molar-refractivity contribution in [3.05, 3.63) is 151 Å². The molecule has 0 aliphatic carbocycles. The van der Waals surface area contributed by atoms with Gasteiger partial charge in [-0.2, -0.15) is 0 Å². The van der Waals surface area contributed by atoms with Crippen molar-refractivity contribution in [2.45, 2.75) is 11.3 Å². The lowest BCUT2D eigenvalue weighted by atomic mass is 9.91. The van der Waals surface area contributed by atoms with E-state index in [9.17, 15) is 0 Å². The summed E-state index contributed by atoms with van der Waals surface area (Å²) in [5.74, 6) is 0. The molecular formula is C37H26S. The molecule has 6 aromatic rings. The van der Waals surface area contributed by atoms with Crippen molar-refractivity contribution in [2.75, 3.05) is 0 Å². The van der Waals surface area contributed by atoms with Gasteiger partial charge in [0, 0.05) is 9.80 Å². The van der Waals surface area contributed by atoms with Crippen LogP contribution in [0.5, 0.6) is 0 Å². The third-order valence-corrected chi connectivity index (χ3v) is 8.53. The predicted molar refractivity (Wildman–Crippen MR) is 167 cm³/mol. The van der Waals surface area contributed by atoms with E-state index in [4.69, 9.17) is 0 Å². The number of allylic oxidation sites excluding steroid dienone is 4. The molecule has 0 saturated carbocycles. The van der Waals surface area contributed by atoms with Gasteiger partial charge in [-0.25, -0.2) is 0 Å². The van der Waals surface area contributed by atoms with Gasteiger partial charge in [-0.15, -0.1) is 0 Å². The molecule has 0 atom stereocenters. The first-order valence-electron chi connectivity index (χ1n) is 13.0. The van der Waals surface area contributed by atoms with Gasteiger partial charge in [-0.1, -0.05) is 134 Å². The Balaban J connectivity index is 1.39. The van der Waals surface area contributed by atoms with E-state index >= 15 is 0 Å². The lowest BCUT2D eigenvalue weighted by molar-refractivity contribution is 1.18. The highest BCUT2D eigenvalue weighted by atomic mass is 32.2. The third-order valence-electron chi connectivity index (χ3n) is 7.45. The van der Waals surface area contributed by atoms with Crippen LogP contribution in [0.3, 0.4) is 0 Å². The summed E-state index contributed by atoms with van der Waals surface area (Å²) < 4.78 is 0. The van der Waals surface area contributed by atoms with Crippen LogP contribution in [0.4, 0.5) is 0 Å². The Morgan fingerprint density at radius 1 is 0.526 bits per heavy atom. The van der Waals surface area contributed by atoms with E-state index in [1.54, 1.807) is 11.8 Å². The molecule has 6 aromatic carbocycles. The number of fused-ring (bicyclic) bond motifs is 7. The summed E-state index contributed by atoms with van der Waals surface area (Å²) in [6.45, 7) is 4.27. The molecular weight excluding hydrogens is 476 g/mol. The molecule has 0 spiro atoms. The molecule has 38 heavy (non-hydrogen) atoms. The fraction of sp³-hybridized carbons (Fsp3) is 0.0270. The van der Waals surface area contributed by atoms with Crippen molar-refractivity contribution in [2.24, 2.45) is 0 Å². The van der Waals surface area contributed by atoms with E-state index in [0.29, 0.717) is 0 Å². The van der Waals surface area contributed by atoms with Crippen molar-refractivity contribution in [3.63, 3.8) is 0 Å². The Morgan fingerprint density at radius 3 is 1.92 bits per heavy atom. The van der Waals surface area contributed by atoms with Gasteiger partial charge in [0.05, 0.1) is 0 Å². The van der Waals surface area contributed by atoms with Crippen LogP contribution in [0.1, 0.15) is 5.56 Å². The molecule has 0 saturated heterocycles. The Kier molecular flexibility index (Phi) is 5.72. The Morgan fingerprint density at radius 2 is 1.16 bits per heavy atom. The first kappa shape index (κ1) is 22.8. The van der Waals surface area contributed by atoms with Gasteiger partial charge in [0.15, 0.2) is 0 Å². The number of thioether (sulfide) groups is 1. The summed E-state index contributed by atoms with van der Waals surface area (Å²) in [6, 6.07) is 40.1. The highest BCUT2D eigenvalue weighted by Crippen LogP contribution is 2.41. The molecule has 0 aromatic heterocycles. The van der Waals surface area contributed by atoms with Gasteiger partial charge in [-0.05, 0) is 84.8 Å². The van der Waals surface area contributed by atoms with Crippen molar-refractivity contribution in [1.82, 2.24) is 0 Å². The number of hydrogen-bond acceptors (Lipinski definition) is 1. The quantitative estimate of drug-likeness (QED) is 0.212. The summed E-state index contributed by atoms with van der Waals surface area (Å²) in [6.07, 6.45) is 9.42. The smallest absolute Gasteiger partial charge is 0.0235 e. The molecule has 1 aliphatic heterocycles. The lowest BCUT2D eigenvalue weighted by Gasteiger charge is -2.15. The molecule has 0 N–H and O–H groups in total. The fourth-order valence-corrected chi connectivity index (χ4v) is 6.64. The molecule has 1 heterocycles.